The topological polar surface area (TPSA) is 41.5 Å². The van der Waals surface area contributed by atoms with Crippen LogP contribution in [0.5, 0.6) is 5.75 Å². The summed E-state index contributed by atoms with van der Waals surface area (Å²) in [4.78, 5) is 0. The summed E-state index contributed by atoms with van der Waals surface area (Å²) in [5.74, 6) is 0.210. The molecule has 2 N–H and O–H groups in total. The highest BCUT2D eigenvalue weighted by Crippen LogP contribution is 2.22. The zero-order valence-electron chi connectivity index (χ0n) is 11.5. The Kier molecular flexibility index (Phi) is 5.11. The van der Waals surface area contributed by atoms with Gasteiger partial charge in [0.05, 0.1) is 12.2 Å². The van der Waals surface area contributed by atoms with Gasteiger partial charge in [-0.3, -0.25) is 0 Å². The normalized spacial score (nSPS) is 13.4. The lowest BCUT2D eigenvalue weighted by Crippen LogP contribution is -2.21. The molecule has 0 saturated carbocycles. The second-order valence-corrected chi connectivity index (χ2v) is 5.10. The second kappa shape index (κ2) is 6.16. The van der Waals surface area contributed by atoms with E-state index in [0.29, 0.717) is 24.3 Å². The Bertz CT molecular complexity index is 388. The van der Waals surface area contributed by atoms with Crippen molar-refractivity contribution >= 4 is 0 Å². The number of benzene rings is 1. The van der Waals surface area contributed by atoms with Gasteiger partial charge in [0.1, 0.15) is 11.6 Å². The summed E-state index contributed by atoms with van der Waals surface area (Å²) in [6, 6.07) is 4.82. The molecule has 0 aliphatic carbocycles. The van der Waals surface area contributed by atoms with Gasteiger partial charge in [0.25, 0.3) is 0 Å². The third kappa shape index (κ3) is 4.63. The Morgan fingerprint density at radius 3 is 2.61 bits per heavy atom. The first-order chi connectivity index (χ1) is 8.33. The average molecular weight is 255 g/mol. The molecule has 1 aromatic rings. The third-order valence-electron chi connectivity index (χ3n) is 2.85. The monoisotopic (exact) mass is 255 g/mol. The van der Waals surface area contributed by atoms with Gasteiger partial charge in [-0.15, -0.1) is 0 Å². The van der Waals surface area contributed by atoms with Crippen LogP contribution in [0.1, 0.15) is 38.8 Å². The third-order valence-corrected chi connectivity index (χ3v) is 2.85. The number of ether oxygens (including phenoxy) is 1. The van der Waals surface area contributed by atoms with E-state index in [9.17, 15) is 9.50 Å². The number of aliphatic hydroxyl groups is 1. The van der Waals surface area contributed by atoms with Crippen LogP contribution < -0.4 is 10.1 Å². The first-order valence-corrected chi connectivity index (χ1v) is 6.15. The number of halogens is 1. The summed E-state index contributed by atoms with van der Waals surface area (Å²) < 4.78 is 19.2. The number of hydrogen-bond donors (Lipinski definition) is 2. The van der Waals surface area contributed by atoms with Crippen LogP contribution in [-0.2, 0) is 0 Å². The molecule has 0 radical (unpaired) electrons. The molecule has 3 nitrogen and oxygen atoms in total. The van der Waals surface area contributed by atoms with Crippen LogP contribution in [0.15, 0.2) is 18.2 Å². The quantitative estimate of drug-likeness (QED) is 0.821. The molecule has 0 bridgehead atoms. The van der Waals surface area contributed by atoms with Gasteiger partial charge in [-0.2, -0.15) is 0 Å². The molecule has 1 aromatic carbocycles. The number of rotatable bonds is 6. The zero-order valence-corrected chi connectivity index (χ0v) is 11.5. The minimum absolute atomic E-state index is 0.0320. The predicted octanol–water partition coefficient (Wildman–Crippen LogP) is 2.65. The molecule has 0 aromatic heterocycles. The molecule has 1 atom stereocenters. The summed E-state index contributed by atoms with van der Waals surface area (Å²) >= 11 is 0. The first kappa shape index (κ1) is 14.9. The van der Waals surface area contributed by atoms with Gasteiger partial charge in [-0.1, -0.05) is 6.07 Å². The molecule has 0 amide bonds. The van der Waals surface area contributed by atoms with E-state index in [0.717, 1.165) is 0 Å². The van der Waals surface area contributed by atoms with Crippen LogP contribution in [0, 0.1) is 5.82 Å². The maximum atomic E-state index is 13.8. The Balaban J connectivity index is 2.62. The molecule has 0 saturated heterocycles. The van der Waals surface area contributed by atoms with Gasteiger partial charge in [0.15, 0.2) is 0 Å². The highest BCUT2D eigenvalue weighted by atomic mass is 19.1. The van der Waals surface area contributed by atoms with Gasteiger partial charge >= 0.3 is 0 Å². The fraction of sp³-hybridized carbons (Fsp3) is 0.571. The minimum atomic E-state index is -0.765. The van der Waals surface area contributed by atoms with Crippen LogP contribution in [0.2, 0.25) is 0 Å². The Morgan fingerprint density at radius 2 is 2.11 bits per heavy atom. The lowest BCUT2D eigenvalue weighted by molar-refractivity contribution is 0.0553. The van der Waals surface area contributed by atoms with E-state index >= 15 is 0 Å². The molecular weight excluding hydrogens is 233 g/mol. The standard InChI is InChI=1S/C14H22FNO2/c1-10(16-4)12-6-5-11(9-13(12)15)18-8-7-14(2,3)17/h5-6,9-10,16-17H,7-8H2,1-4H3. The van der Waals surface area contributed by atoms with Crippen LogP contribution >= 0.6 is 0 Å². The largest absolute Gasteiger partial charge is 0.493 e. The molecule has 1 unspecified atom stereocenters. The molecule has 18 heavy (non-hydrogen) atoms. The van der Waals surface area contributed by atoms with Crippen molar-refractivity contribution in [3.8, 4) is 5.75 Å². The van der Waals surface area contributed by atoms with E-state index in [1.54, 1.807) is 33.0 Å². The smallest absolute Gasteiger partial charge is 0.131 e. The summed E-state index contributed by atoms with van der Waals surface area (Å²) in [6.45, 7) is 5.69. The van der Waals surface area contributed by atoms with Crippen LogP contribution in [-0.4, -0.2) is 24.4 Å². The summed E-state index contributed by atoms with van der Waals surface area (Å²) in [5.41, 5.74) is -0.147. The summed E-state index contributed by atoms with van der Waals surface area (Å²) in [7, 11) is 1.79. The SMILES string of the molecule is CNC(C)c1ccc(OCCC(C)(C)O)cc1F. The summed E-state index contributed by atoms with van der Waals surface area (Å²) in [5, 5.41) is 12.5. The van der Waals surface area contributed by atoms with Crippen molar-refractivity contribution in [3.63, 3.8) is 0 Å². The van der Waals surface area contributed by atoms with Crippen LogP contribution in [0.3, 0.4) is 0 Å². The Hall–Kier alpha value is -1.13. The van der Waals surface area contributed by atoms with Crippen molar-refractivity contribution in [2.45, 2.75) is 38.8 Å². The van der Waals surface area contributed by atoms with Gasteiger partial charge in [0.2, 0.25) is 0 Å². The fourth-order valence-electron chi connectivity index (χ4n) is 1.52. The van der Waals surface area contributed by atoms with Crippen LogP contribution in [0.4, 0.5) is 4.39 Å². The average Bonchev–Trinajstić information content (AvgIpc) is 2.26. The van der Waals surface area contributed by atoms with Crippen molar-refractivity contribution in [2.75, 3.05) is 13.7 Å². The molecular formula is C14H22FNO2. The van der Waals surface area contributed by atoms with Crippen molar-refractivity contribution in [1.29, 1.82) is 0 Å². The van der Waals surface area contributed by atoms with E-state index in [-0.39, 0.29) is 11.9 Å². The summed E-state index contributed by atoms with van der Waals surface area (Å²) in [6.07, 6.45) is 0.503. The molecule has 0 aliphatic rings. The second-order valence-electron chi connectivity index (χ2n) is 5.10. The molecule has 1 rings (SSSR count). The molecule has 0 spiro atoms. The van der Waals surface area contributed by atoms with E-state index in [4.69, 9.17) is 4.74 Å². The highest BCUT2D eigenvalue weighted by molar-refractivity contribution is 5.30. The van der Waals surface area contributed by atoms with Crippen molar-refractivity contribution in [2.24, 2.45) is 0 Å². The Labute approximate surface area is 108 Å². The predicted molar refractivity (Wildman–Crippen MR) is 70.3 cm³/mol. The molecule has 102 valence electrons. The Morgan fingerprint density at radius 1 is 1.44 bits per heavy atom. The zero-order chi connectivity index (χ0) is 13.8. The maximum Gasteiger partial charge on any atom is 0.131 e. The fourth-order valence-corrected chi connectivity index (χ4v) is 1.52. The lowest BCUT2D eigenvalue weighted by atomic mass is 10.1. The van der Waals surface area contributed by atoms with E-state index in [2.05, 4.69) is 5.32 Å². The van der Waals surface area contributed by atoms with Crippen molar-refractivity contribution in [1.82, 2.24) is 5.32 Å². The molecule has 0 heterocycles. The van der Waals surface area contributed by atoms with Gasteiger partial charge in [0, 0.05) is 24.1 Å². The van der Waals surface area contributed by atoms with Crippen molar-refractivity contribution in [3.05, 3.63) is 29.6 Å². The molecule has 0 aliphatic heterocycles. The highest BCUT2D eigenvalue weighted by Gasteiger charge is 2.13. The van der Waals surface area contributed by atoms with Gasteiger partial charge in [-0.25, -0.2) is 4.39 Å². The lowest BCUT2D eigenvalue weighted by Gasteiger charge is -2.17. The minimum Gasteiger partial charge on any atom is -0.493 e. The first-order valence-electron chi connectivity index (χ1n) is 6.15. The molecule has 4 heteroatoms. The number of nitrogens with one attached hydrogen (secondary N) is 1. The van der Waals surface area contributed by atoms with E-state index < -0.39 is 5.60 Å². The van der Waals surface area contributed by atoms with Gasteiger partial charge < -0.3 is 15.2 Å². The van der Waals surface area contributed by atoms with E-state index in [1.807, 2.05) is 6.92 Å². The van der Waals surface area contributed by atoms with Crippen molar-refractivity contribution < 1.29 is 14.2 Å². The van der Waals surface area contributed by atoms with E-state index in [1.165, 1.54) is 6.07 Å². The number of hydrogen-bond acceptors (Lipinski definition) is 3. The molecule has 0 fully saturated rings. The van der Waals surface area contributed by atoms with Gasteiger partial charge in [-0.05, 0) is 33.9 Å². The maximum absolute atomic E-state index is 13.8. The van der Waals surface area contributed by atoms with Crippen LogP contribution in [0.25, 0.3) is 0 Å².